The van der Waals surface area contributed by atoms with Crippen molar-refractivity contribution in [3.05, 3.63) is 54.4 Å². The van der Waals surface area contributed by atoms with Crippen LogP contribution in [-0.4, -0.2) is 41.2 Å². The number of fused-ring (bicyclic) bond motifs is 1. The highest BCUT2D eigenvalue weighted by Crippen LogP contribution is 2.26. The van der Waals surface area contributed by atoms with Crippen molar-refractivity contribution in [1.29, 1.82) is 0 Å². The Hall–Kier alpha value is -2.53. The molecule has 0 bridgehead atoms. The number of nitrogens with zero attached hydrogens (tertiary/aromatic N) is 3. The number of hydrogen-bond donors (Lipinski definition) is 1. The van der Waals surface area contributed by atoms with Crippen molar-refractivity contribution in [2.45, 2.75) is 6.54 Å². The minimum Gasteiger partial charge on any atom is -0.508 e. The number of aromatic nitrogens is 1. The summed E-state index contributed by atoms with van der Waals surface area (Å²) >= 11 is 0. The Morgan fingerprint density at radius 3 is 2.74 bits per heavy atom. The highest BCUT2D eigenvalue weighted by Gasteiger charge is 2.19. The van der Waals surface area contributed by atoms with Crippen LogP contribution in [0.5, 0.6) is 5.75 Å². The van der Waals surface area contributed by atoms with E-state index in [1.54, 1.807) is 18.4 Å². The molecule has 3 heterocycles. The number of phenols is 1. The first kappa shape index (κ1) is 14.1. The number of hydrogen-bond acceptors (Lipinski definition) is 5. The predicted octanol–water partition coefficient (Wildman–Crippen LogP) is 2.86. The van der Waals surface area contributed by atoms with Crippen molar-refractivity contribution in [2.75, 3.05) is 31.1 Å². The fraction of sp³-hybridized carbons (Fsp3) is 0.278. The molecule has 1 aliphatic rings. The van der Waals surface area contributed by atoms with Crippen LogP contribution in [-0.2, 0) is 6.54 Å². The Morgan fingerprint density at radius 2 is 1.96 bits per heavy atom. The van der Waals surface area contributed by atoms with Gasteiger partial charge in [-0.15, -0.1) is 0 Å². The first-order valence-electron chi connectivity index (χ1n) is 7.87. The van der Waals surface area contributed by atoms with Gasteiger partial charge in [0.25, 0.3) is 0 Å². The summed E-state index contributed by atoms with van der Waals surface area (Å²) in [5, 5.41) is 10.6. The molecule has 1 aliphatic heterocycles. The second kappa shape index (κ2) is 5.93. The molecule has 2 aromatic heterocycles. The molecule has 0 unspecified atom stereocenters. The summed E-state index contributed by atoms with van der Waals surface area (Å²) in [4.78, 5) is 9.17. The molecule has 4 rings (SSSR count). The number of aromatic hydroxyl groups is 1. The molecule has 0 spiro atoms. The van der Waals surface area contributed by atoms with E-state index in [0.717, 1.165) is 49.5 Å². The third-order valence-corrected chi connectivity index (χ3v) is 4.38. The summed E-state index contributed by atoms with van der Waals surface area (Å²) in [5.41, 5.74) is 1.92. The van der Waals surface area contributed by atoms with Crippen molar-refractivity contribution < 1.29 is 9.52 Å². The zero-order valence-electron chi connectivity index (χ0n) is 12.9. The van der Waals surface area contributed by atoms with Gasteiger partial charge in [0.1, 0.15) is 17.2 Å². The fourth-order valence-corrected chi connectivity index (χ4v) is 3.11. The van der Waals surface area contributed by atoms with Gasteiger partial charge in [0, 0.05) is 55.9 Å². The van der Waals surface area contributed by atoms with E-state index < -0.39 is 0 Å². The van der Waals surface area contributed by atoms with Crippen LogP contribution in [0.15, 0.2) is 53.3 Å². The molecular formula is C18H19N3O2. The summed E-state index contributed by atoms with van der Waals surface area (Å²) in [7, 11) is 0. The van der Waals surface area contributed by atoms with E-state index in [1.807, 2.05) is 24.4 Å². The maximum Gasteiger partial charge on any atom is 0.137 e. The topological polar surface area (TPSA) is 52.7 Å². The van der Waals surface area contributed by atoms with Gasteiger partial charge in [-0.2, -0.15) is 0 Å². The zero-order chi connectivity index (χ0) is 15.6. The molecule has 0 saturated carbocycles. The molecule has 118 valence electrons. The van der Waals surface area contributed by atoms with Crippen LogP contribution in [0.3, 0.4) is 0 Å². The third kappa shape index (κ3) is 2.87. The normalized spacial score (nSPS) is 16.1. The lowest BCUT2D eigenvalue weighted by molar-refractivity contribution is 0.249. The smallest absolute Gasteiger partial charge is 0.137 e. The summed E-state index contributed by atoms with van der Waals surface area (Å²) < 4.78 is 5.55. The monoisotopic (exact) mass is 309 g/mol. The van der Waals surface area contributed by atoms with Gasteiger partial charge in [0.2, 0.25) is 0 Å². The molecule has 0 radical (unpaired) electrons. The van der Waals surface area contributed by atoms with Gasteiger partial charge < -0.3 is 14.4 Å². The Labute approximate surface area is 134 Å². The summed E-state index contributed by atoms with van der Waals surface area (Å²) in [6.07, 6.45) is 3.64. The molecule has 1 fully saturated rings. The molecular weight excluding hydrogens is 290 g/mol. The largest absolute Gasteiger partial charge is 0.508 e. The van der Waals surface area contributed by atoms with E-state index in [1.165, 1.54) is 5.56 Å². The van der Waals surface area contributed by atoms with Crippen LogP contribution in [0.25, 0.3) is 11.0 Å². The number of anilines is 1. The van der Waals surface area contributed by atoms with E-state index >= 15 is 0 Å². The molecule has 23 heavy (non-hydrogen) atoms. The predicted molar refractivity (Wildman–Crippen MR) is 89.6 cm³/mol. The van der Waals surface area contributed by atoms with Gasteiger partial charge in [-0.3, -0.25) is 4.90 Å². The minimum absolute atomic E-state index is 0.238. The Bertz CT molecular complexity index is 792. The van der Waals surface area contributed by atoms with E-state index in [2.05, 4.69) is 20.9 Å². The third-order valence-electron chi connectivity index (χ3n) is 4.38. The lowest BCUT2D eigenvalue weighted by Crippen LogP contribution is -2.46. The lowest BCUT2D eigenvalue weighted by Gasteiger charge is -2.35. The first-order chi connectivity index (χ1) is 11.3. The van der Waals surface area contributed by atoms with Crippen LogP contribution < -0.4 is 4.90 Å². The van der Waals surface area contributed by atoms with Gasteiger partial charge in [-0.1, -0.05) is 6.07 Å². The number of benzene rings is 1. The van der Waals surface area contributed by atoms with Crippen molar-refractivity contribution in [2.24, 2.45) is 0 Å². The average molecular weight is 309 g/mol. The van der Waals surface area contributed by atoms with Crippen LogP contribution in [0.4, 0.5) is 5.82 Å². The molecule has 3 aromatic rings. The van der Waals surface area contributed by atoms with Gasteiger partial charge in [-0.05, 0) is 24.3 Å². The van der Waals surface area contributed by atoms with E-state index in [-0.39, 0.29) is 5.75 Å². The first-order valence-corrected chi connectivity index (χ1v) is 7.87. The Morgan fingerprint density at radius 1 is 1.09 bits per heavy atom. The van der Waals surface area contributed by atoms with E-state index in [9.17, 15) is 5.11 Å². The van der Waals surface area contributed by atoms with Crippen LogP contribution in [0.1, 0.15) is 5.56 Å². The highest BCUT2D eigenvalue weighted by atomic mass is 16.3. The maximum atomic E-state index is 9.52. The van der Waals surface area contributed by atoms with Gasteiger partial charge in [0.05, 0.1) is 6.26 Å². The zero-order valence-corrected chi connectivity index (χ0v) is 12.9. The average Bonchev–Trinajstić information content (AvgIpc) is 2.98. The fourth-order valence-electron chi connectivity index (χ4n) is 3.11. The molecule has 0 amide bonds. The number of phenolic OH excluding ortho intramolecular Hbond substituents is 1. The molecule has 1 aromatic carbocycles. The number of furan rings is 1. The number of rotatable bonds is 3. The summed E-state index contributed by atoms with van der Waals surface area (Å²) in [6, 6.07) is 11.3. The number of piperazine rings is 1. The molecule has 5 heteroatoms. The highest BCUT2D eigenvalue weighted by molar-refractivity contribution is 5.82. The number of pyridine rings is 1. The molecule has 1 N–H and O–H groups in total. The second-order valence-electron chi connectivity index (χ2n) is 5.89. The van der Waals surface area contributed by atoms with Crippen molar-refractivity contribution in [1.82, 2.24) is 9.88 Å². The summed E-state index contributed by atoms with van der Waals surface area (Å²) in [6.45, 7) is 4.83. The van der Waals surface area contributed by atoms with Gasteiger partial charge in [-0.25, -0.2) is 4.98 Å². The van der Waals surface area contributed by atoms with Crippen LogP contribution >= 0.6 is 0 Å². The van der Waals surface area contributed by atoms with Crippen LogP contribution in [0.2, 0.25) is 0 Å². The molecule has 5 nitrogen and oxygen atoms in total. The summed E-state index contributed by atoms with van der Waals surface area (Å²) in [5.74, 6) is 1.29. The van der Waals surface area contributed by atoms with Crippen molar-refractivity contribution >= 4 is 16.8 Å². The van der Waals surface area contributed by atoms with E-state index in [4.69, 9.17) is 4.42 Å². The standard InChI is InChI=1S/C18H19N3O2/c22-15-4-5-16-14(13-23-17(16)11-15)12-20-7-9-21(10-8-20)18-3-1-2-6-19-18/h1-6,11,13,22H,7-10,12H2. The SMILES string of the molecule is Oc1ccc2c(CN3CCN(c4ccccn4)CC3)coc2c1. The minimum atomic E-state index is 0.238. The Balaban J connectivity index is 1.43. The molecule has 1 saturated heterocycles. The van der Waals surface area contributed by atoms with Crippen molar-refractivity contribution in [3.8, 4) is 5.75 Å². The maximum absolute atomic E-state index is 9.52. The Kier molecular flexibility index (Phi) is 3.63. The molecule has 0 atom stereocenters. The second-order valence-corrected chi connectivity index (χ2v) is 5.89. The molecule has 0 aliphatic carbocycles. The lowest BCUT2D eigenvalue weighted by atomic mass is 10.1. The van der Waals surface area contributed by atoms with Gasteiger partial charge >= 0.3 is 0 Å². The van der Waals surface area contributed by atoms with Crippen molar-refractivity contribution in [3.63, 3.8) is 0 Å². The van der Waals surface area contributed by atoms with Gasteiger partial charge in [0.15, 0.2) is 0 Å². The van der Waals surface area contributed by atoms with E-state index in [0.29, 0.717) is 0 Å². The van der Waals surface area contributed by atoms with Crippen LogP contribution in [0, 0.1) is 0 Å². The quantitative estimate of drug-likeness (QED) is 0.806.